The molecule has 0 unspecified atom stereocenters. The van der Waals surface area contributed by atoms with Crippen LogP contribution < -0.4 is 9.80 Å². The third-order valence-corrected chi connectivity index (χ3v) is 16.7. The SMILES string of the molecule is CC(C)(C)c1ccc(N(c2ccc(C(C)(C)C)cc2)c2ccc3cc4c(cc3c2)sc2c4ccc3sc4cc5cc(N(c6ccc(C(C)(C)C)cc6)c6ccc(C(C)(C)C)cc6)ccc5cc4c32)cc1. The Morgan fingerprint density at radius 2 is 0.614 bits per heavy atom. The minimum absolute atomic E-state index is 0.0812. The van der Waals surface area contributed by atoms with Crippen LogP contribution in [-0.4, -0.2) is 0 Å². The molecular weight excluding hydrogens is 885 g/mol. The molecule has 0 aliphatic rings. The summed E-state index contributed by atoms with van der Waals surface area (Å²) in [5, 5.41) is 10.4. The number of hydrogen-bond donors (Lipinski definition) is 0. The molecule has 2 aromatic heterocycles. The quantitative estimate of drug-likeness (QED) is 0.164. The van der Waals surface area contributed by atoms with Gasteiger partial charge in [0.05, 0.1) is 0 Å². The molecule has 0 saturated carbocycles. The lowest BCUT2D eigenvalue weighted by atomic mass is 9.86. The van der Waals surface area contributed by atoms with E-state index in [0.29, 0.717) is 0 Å². The third-order valence-electron chi connectivity index (χ3n) is 14.4. The second kappa shape index (κ2) is 16.6. The Bertz CT molecular complexity index is 3650. The van der Waals surface area contributed by atoms with Crippen molar-refractivity contribution >= 4 is 119 Å². The van der Waals surface area contributed by atoms with Gasteiger partial charge in [0.2, 0.25) is 0 Å². The second-order valence-corrected chi connectivity index (χ2v) is 25.8. The van der Waals surface area contributed by atoms with Crippen LogP contribution in [-0.2, 0) is 21.7 Å². The first-order chi connectivity index (χ1) is 33.2. The van der Waals surface area contributed by atoms with Crippen molar-refractivity contribution in [1.29, 1.82) is 0 Å². The zero-order chi connectivity index (χ0) is 49.1. The van der Waals surface area contributed by atoms with Crippen LogP contribution in [0.1, 0.15) is 105 Å². The summed E-state index contributed by atoms with van der Waals surface area (Å²) in [6.45, 7) is 27.4. The first-order valence-corrected chi connectivity index (χ1v) is 26.5. The van der Waals surface area contributed by atoms with E-state index in [1.165, 1.54) is 84.1 Å². The minimum atomic E-state index is 0.0812. The average Bonchev–Trinajstić information content (AvgIpc) is 3.86. The van der Waals surface area contributed by atoms with Gasteiger partial charge in [-0.3, -0.25) is 0 Å². The molecule has 0 N–H and O–H groups in total. The lowest BCUT2D eigenvalue weighted by Gasteiger charge is -2.28. The van der Waals surface area contributed by atoms with Crippen molar-refractivity contribution in [3.63, 3.8) is 0 Å². The summed E-state index contributed by atoms with van der Waals surface area (Å²) < 4.78 is 5.34. The van der Waals surface area contributed by atoms with E-state index in [1.54, 1.807) is 0 Å². The Morgan fingerprint density at radius 3 is 0.986 bits per heavy atom. The number of hydrogen-bond acceptors (Lipinski definition) is 4. The highest BCUT2D eigenvalue weighted by Gasteiger charge is 2.22. The molecule has 11 aromatic rings. The molecule has 0 atom stereocenters. The maximum atomic E-state index is 2.44. The van der Waals surface area contributed by atoms with Crippen molar-refractivity contribution in [3.8, 4) is 0 Å². The lowest BCUT2D eigenvalue weighted by molar-refractivity contribution is 0.590. The van der Waals surface area contributed by atoms with Crippen LogP contribution in [0, 0.1) is 0 Å². The van der Waals surface area contributed by atoms with Gasteiger partial charge in [-0.2, -0.15) is 0 Å². The summed E-state index contributed by atoms with van der Waals surface area (Å²) in [7, 11) is 0. The summed E-state index contributed by atoms with van der Waals surface area (Å²) in [6.07, 6.45) is 0. The van der Waals surface area contributed by atoms with Crippen LogP contribution in [0.5, 0.6) is 0 Å². The van der Waals surface area contributed by atoms with Gasteiger partial charge >= 0.3 is 0 Å². The van der Waals surface area contributed by atoms with Crippen molar-refractivity contribution < 1.29 is 0 Å². The molecule has 0 spiro atoms. The molecule has 0 aliphatic carbocycles. The van der Waals surface area contributed by atoms with Gasteiger partial charge in [0.25, 0.3) is 0 Å². The van der Waals surface area contributed by atoms with Gasteiger partial charge in [-0.15, -0.1) is 22.7 Å². The molecule has 350 valence electrons. The fourth-order valence-electron chi connectivity index (χ4n) is 10.2. The molecule has 2 nitrogen and oxygen atoms in total. The minimum Gasteiger partial charge on any atom is -0.310 e. The predicted molar refractivity (Wildman–Crippen MR) is 311 cm³/mol. The summed E-state index contributed by atoms with van der Waals surface area (Å²) >= 11 is 3.85. The topological polar surface area (TPSA) is 6.48 Å². The standard InChI is InChI=1S/C66H64N2S2/c1-63(2,3)45-15-25-49(26-16-45)67(50-27-17-46(18-28-50)64(4,5)6)53-23-13-41-37-56-55-33-34-58-61(62(55)70-59(56)39-43(41)35-53)57-38-42-14-24-54(36-44(42)40-60(57)69-58)68(51-29-19-47(20-30-51)65(7,8)9)52-31-21-48(22-32-52)66(10,11)12/h13-40H,1-12H3. The smallest absolute Gasteiger partial charge is 0.0468 e. The van der Waals surface area contributed by atoms with Crippen molar-refractivity contribution in [2.75, 3.05) is 9.80 Å². The molecule has 0 radical (unpaired) electrons. The Kier molecular flexibility index (Phi) is 10.9. The zero-order valence-electron chi connectivity index (χ0n) is 42.9. The molecule has 2 heterocycles. The number of benzene rings is 9. The summed E-state index contributed by atoms with van der Waals surface area (Å²) in [4.78, 5) is 4.82. The maximum absolute atomic E-state index is 2.44. The largest absolute Gasteiger partial charge is 0.310 e. The van der Waals surface area contributed by atoms with Crippen LogP contribution in [0.15, 0.2) is 170 Å². The van der Waals surface area contributed by atoms with Gasteiger partial charge in [0.15, 0.2) is 0 Å². The first kappa shape index (κ1) is 46.0. The van der Waals surface area contributed by atoms with E-state index in [1.807, 2.05) is 22.7 Å². The van der Waals surface area contributed by atoms with Gasteiger partial charge in [0, 0.05) is 74.5 Å². The fraction of sp³-hybridized carbons (Fsp3) is 0.242. The Balaban J connectivity index is 1.000. The highest BCUT2D eigenvalue weighted by molar-refractivity contribution is 7.29. The molecule has 0 fully saturated rings. The number of nitrogens with zero attached hydrogens (tertiary/aromatic N) is 2. The zero-order valence-corrected chi connectivity index (χ0v) is 44.5. The highest BCUT2D eigenvalue weighted by atomic mass is 32.1. The molecule has 70 heavy (non-hydrogen) atoms. The summed E-state index contributed by atoms with van der Waals surface area (Å²) in [5.74, 6) is 0. The van der Waals surface area contributed by atoms with E-state index < -0.39 is 0 Å². The van der Waals surface area contributed by atoms with E-state index >= 15 is 0 Å². The number of thiophene rings is 2. The van der Waals surface area contributed by atoms with Gasteiger partial charge in [-0.25, -0.2) is 0 Å². The van der Waals surface area contributed by atoms with Crippen molar-refractivity contribution in [3.05, 3.63) is 192 Å². The van der Waals surface area contributed by atoms with Crippen molar-refractivity contribution in [1.82, 2.24) is 0 Å². The number of fused-ring (bicyclic) bond motifs is 9. The van der Waals surface area contributed by atoms with Crippen molar-refractivity contribution in [2.24, 2.45) is 0 Å². The highest BCUT2D eigenvalue weighted by Crippen LogP contribution is 2.48. The molecule has 0 aliphatic heterocycles. The van der Waals surface area contributed by atoms with E-state index in [0.717, 1.165) is 34.1 Å². The molecule has 0 bridgehead atoms. The van der Waals surface area contributed by atoms with Crippen LogP contribution >= 0.6 is 22.7 Å². The number of rotatable bonds is 6. The van der Waals surface area contributed by atoms with Crippen LogP contribution in [0.4, 0.5) is 34.1 Å². The van der Waals surface area contributed by atoms with Crippen LogP contribution in [0.3, 0.4) is 0 Å². The van der Waals surface area contributed by atoms with Crippen LogP contribution in [0.25, 0.3) is 61.9 Å². The van der Waals surface area contributed by atoms with Gasteiger partial charge < -0.3 is 9.80 Å². The first-order valence-electron chi connectivity index (χ1n) is 24.9. The molecule has 0 saturated heterocycles. The van der Waals surface area contributed by atoms with E-state index in [-0.39, 0.29) is 21.7 Å². The third kappa shape index (κ3) is 8.33. The molecule has 0 amide bonds. The van der Waals surface area contributed by atoms with Gasteiger partial charge in [-0.1, -0.05) is 150 Å². The van der Waals surface area contributed by atoms with Crippen molar-refractivity contribution in [2.45, 2.75) is 105 Å². The molecule has 4 heteroatoms. The molecule has 9 aromatic carbocycles. The Morgan fingerprint density at radius 1 is 0.271 bits per heavy atom. The van der Waals surface area contributed by atoms with Gasteiger partial charge in [0.1, 0.15) is 0 Å². The summed E-state index contributed by atoms with van der Waals surface area (Å²) in [6, 6.07) is 65.0. The lowest BCUT2D eigenvalue weighted by Crippen LogP contribution is -2.14. The average molecular weight is 949 g/mol. The molecular formula is C66H64N2S2. The predicted octanol–water partition coefficient (Wildman–Crippen LogP) is 20.9. The Hall–Kier alpha value is -6.46. The van der Waals surface area contributed by atoms with Crippen LogP contribution in [0.2, 0.25) is 0 Å². The number of anilines is 6. The fourth-order valence-corrected chi connectivity index (χ4v) is 12.7. The summed E-state index contributed by atoms with van der Waals surface area (Å²) in [5.41, 5.74) is 12.6. The maximum Gasteiger partial charge on any atom is 0.0468 e. The monoisotopic (exact) mass is 948 g/mol. The molecule has 11 rings (SSSR count). The Labute approximate surface area is 422 Å². The van der Waals surface area contributed by atoms with Gasteiger partial charge in [-0.05, 0) is 169 Å². The van der Waals surface area contributed by atoms with E-state index in [2.05, 4.69) is 263 Å². The van der Waals surface area contributed by atoms with E-state index in [4.69, 9.17) is 0 Å². The normalized spacial score (nSPS) is 12.9. The second-order valence-electron chi connectivity index (χ2n) is 23.6. The van der Waals surface area contributed by atoms with E-state index in [9.17, 15) is 0 Å².